The Labute approximate surface area is 164 Å². The molecule has 1 aromatic heterocycles. The van der Waals surface area contributed by atoms with E-state index in [1.165, 1.54) is 38.1 Å². The number of sulfonamides is 1. The van der Waals surface area contributed by atoms with E-state index in [9.17, 15) is 13.2 Å². The zero-order chi connectivity index (χ0) is 19.4. The Kier molecular flexibility index (Phi) is 6.18. The van der Waals surface area contributed by atoms with E-state index in [0.717, 1.165) is 35.8 Å². The van der Waals surface area contributed by atoms with Crippen LogP contribution in [0.4, 0.5) is 0 Å². The maximum absolute atomic E-state index is 13.0. The van der Waals surface area contributed by atoms with Crippen molar-refractivity contribution in [1.82, 2.24) is 14.2 Å². The van der Waals surface area contributed by atoms with E-state index in [1.807, 2.05) is 35.2 Å². The second-order valence-corrected chi connectivity index (χ2v) is 9.84. The van der Waals surface area contributed by atoms with Crippen molar-refractivity contribution in [3.8, 4) is 0 Å². The second-order valence-electron chi connectivity index (χ2n) is 6.56. The van der Waals surface area contributed by atoms with Gasteiger partial charge in [-0.25, -0.2) is 17.7 Å². The molecule has 0 radical (unpaired) electrons. The molecule has 0 unspecified atom stereocenters. The number of rotatable bonds is 6. The molecular formula is C19H23N3O3S2. The predicted octanol–water partition coefficient (Wildman–Crippen LogP) is 2.79. The normalized spacial score (nSPS) is 15.9. The molecule has 1 aliphatic heterocycles. The number of nitrogens with zero attached hydrogens (tertiary/aromatic N) is 3. The van der Waals surface area contributed by atoms with Crippen LogP contribution in [0.1, 0.15) is 23.7 Å². The molecule has 1 atom stereocenters. The largest absolute Gasteiger partial charge is 0.341 e. The molecule has 3 rings (SSSR count). The highest BCUT2D eigenvalue weighted by molar-refractivity contribution is 8.00. The maximum atomic E-state index is 13.0. The summed E-state index contributed by atoms with van der Waals surface area (Å²) in [4.78, 5) is 19.4. The third-order valence-electron chi connectivity index (χ3n) is 4.47. The van der Waals surface area contributed by atoms with E-state index in [0.29, 0.717) is 5.03 Å². The van der Waals surface area contributed by atoms with Crippen LogP contribution in [0, 0.1) is 0 Å². The van der Waals surface area contributed by atoms with Gasteiger partial charge in [-0.15, -0.1) is 0 Å². The molecule has 0 aliphatic carbocycles. The summed E-state index contributed by atoms with van der Waals surface area (Å²) in [5.41, 5.74) is 0.922. The first-order valence-corrected chi connectivity index (χ1v) is 11.1. The van der Waals surface area contributed by atoms with Gasteiger partial charge in [0.2, 0.25) is 15.9 Å². The topological polar surface area (TPSA) is 70.6 Å². The molecular weight excluding hydrogens is 382 g/mol. The van der Waals surface area contributed by atoms with E-state index in [2.05, 4.69) is 4.98 Å². The van der Waals surface area contributed by atoms with Gasteiger partial charge in [0.25, 0.3) is 0 Å². The van der Waals surface area contributed by atoms with Crippen LogP contribution in [0.2, 0.25) is 0 Å². The zero-order valence-corrected chi connectivity index (χ0v) is 17.0. The summed E-state index contributed by atoms with van der Waals surface area (Å²) < 4.78 is 25.5. The molecule has 8 heteroatoms. The van der Waals surface area contributed by atoms with Crippen molar-refractivity contribution in [2.24, 2.45) is 0 Å². The minimum Gasteiger partial charge on any atom is -0.341 e. The van der Waals surface area contributed by atoms with Gasteiger partial charge < -0.3 is 4.90 Å². The Morgan fingerprint density at radius 2 is 1.78 bits per heavy atom. The molecule has 2 heterocycles. The Hall–Kier alpha value is -1.90. The summed E-state index contributed by atoms with van der Waals surface area (Å²) in [5.74, 6) is 0.0792. The average Bonchev–Trinajstić information content (AvgIpc) is 3.21. The van der Waals surface area contributed by atoms with Crippen molar-refractivity contribution in [3.63, 3.8) is 0 Å². The van der Waals surface area contributed by atoms with Crippen LogP contribution >= 0.6 is 11.8 Å². The first kappa shape index (κ1) is 19.9. The molecule has 0 N–H and O–H groups in total. The summed E-state index contributed by atoms with van der Waals surface area (Å²) in [6.07, 6.45) is 3.42. The lowest BCUT2D eigenvalue weighted by molar-refractivity contribution is -0.129. The highest BCUT2D eigenvalue weighted by atomic mass is 32.2. The monoisotopic (exact) mass is 405 g/mol. The van der Waals surface area contributed by atoms with Gasteiger partial charge in [-0.1, -0.05) is 42.1 Å². The number of carbonyl (C=O) groups excluding carboxylic acids is 1. The highest BCUT2D eigenvalue weighted by Gasteiger charge is 2.29. The lowest BCUT2D eigenvalue weighted by Crippen LogP contribution is -2.31. The van der Waals surface area contributed by atoms with Crippen molar-refractivity contribution in [3.05, 3.63) is 54.2 Å². The molecule has 0 spiro atoms. The molecule has 6 nitrogen and oxygen atoms in total. The van der Waals surface area contributed by atoms with E-state index >= 15 is 0 Å². The fourth-order valence-electron chi connectivity index (χ4n) is 2.91. The third-order valence-corrected chi connectivity index (χ3v) is 7.46. The number of hydrogen-bond donors (Lipinski definition) is 0. The van der Waals surface area contributed by atoms with Crippen molar-refractivity contribution in [2.45, 2.75) is 28.0 Å². The van der Waals surface area contributed by atoms with E-state index in [1.54, 1.807) is 6.07 Å². The predicted molar refractivity (Wildman–Crippen MR) is 106 cm³/mol. The van der Waals surface area contributed by atoms with Crippen molar-refractivity contribution in [2.75, 3.05) is 27.2 Å². The number of likely N-dealkylation sites (tertiary alicyclic amines) is 1. The van der Waals surface area contributed by atoms with Gasteiger partial charge in [0, 0.05) is 33.4 Å². The minimum absolute atomic E-state index is 0.0792. The van der Waals surface area contributed by atoms with Crippen LogP contribution in [-0.2, 0) is 14.8 Å². The number of carbonyl (C=O) groups is 1. The van der Waals surface area contributed by atoms with Crippen LogP contribution in [0.3, 0.4) is 0 Å². The zero-order valence-electron chi connectivity index (χ0n) is 15.4. The average molecular weight is 406 g/mol. The maximum Gasteiger partial charge on any atom is 0.244 e. The van der Waals surface area contributed by atoms with E-state index < -0.39 is 15.3 Å². The third kappa shape index (κ3) is 4.51. The Morgan fingerprint density at radius 3 is 2.33 bits per heavy atom. The standard InChI is InChI=1S/C19H23N3O3S2/c1-21(2)27(24,25)16-10-11-17(20-14-16)26-18(15-8-4-3-5-9-15)19(23)22-12-6-7-13-22/h3-5,8-11,14,18H,6-7,12-13H2,1-2H3/t18-/m0/s1. The second kappa shape index (κ2) is 8.41. The molecule has 1 amide bonds. The van der Waals surface area contributed by atoms with Crippen LogP contribution < -0.4 is 0 Å². The quantitative estimate of drug-likeness (QED) is 0.691. The van der Waals surface area contributed by atoms with Crippen LogP contribution in [0.15, 0.2) is 58.6 Å². The Bertz CT molecular complexity index is 878. The minimum atomic E-state index is -3.52. The lowest BCUT2D eigenvalue weighted by Gasteiger charge is -2.23. The summed E-state index contributed by atoms with van der Waals surface area (Å²) in [5, 5.41) is 0.224. The number of amides is 1. The van der Waals surface area contributed by atoms with Crippen molar-refractivity contribution < 1.29 is 13.2 Å². The van der Waals surface area contributed by atoms with Gasteiger partial charge in [0.1, 0.15) is 10.1 Å². The van der Waals surface area contributed by atoms with Gasteiger partial charge in [-0.2, -0.15) is 0 Å². The first-order chi connectivity index (χ1) is 12.9. The summed E-state index contributed by atoms with van der Waals surface area (Å²) in [6, 6.07) is 12.8. The van der Waals surface area contributed by atoms with Gasteiger partial charge in [-0.05, 0) is 30.5 Å². The molecule has 0 bridgehead atoms. The molecule has 1 aliphatic rings. The van der Waals surface area contributed by atoms with E-state index in [-0.39, 0.29) is 10.8 Å². The Balaban J connectivity index is 1.85. The van der Waals surface area contributed by atoms with Crippen LogP contribution in [-0.4, -0.2) is 55.7 Å². The van der Waals surface area contributed by atoms with Crippen molar-refractivity contribution in [1.29, 1.82) is 0 Å². The SMILES string of the molecule is CN(C)S(=O)(=O)c1ccc(S[C@H](C(=O)N2CCCC2)c2ccccc2)nc1. The number of thioether (sulfide) groups is 1. The van der Waals surface area contributed by atoms with Crippen LogP contribution in [0.5, 0.6) is 0 Å². The molecule has 2 aromatic rings. The van der Waals surface area contributed by atoms with Gasteiger partial charge in [0.15, 0.2) is 0 Å². The van der Waals surface area contributed by atoms with Crippen molar-refractivity contribution >= 4 is 27.7 Å². The smallest absolute Gasteiger partial charge is 0.244 e. The summed E-state index contributed by atoms with van der Waals surface area (Å²) in [7, 11) is -0.549. The number of hydrogen-bond acceptors (Lipinski definition) is 5. The highest BCUT2D eigenvalue weighted by Crippen LogP contribution is 2.36. The van der Waals surface area contributed by atoms with E-state index in [4.69, 9.17) is 0 Å². The number of benzene rings is 1. The summed E-state index contributed by atoms with van der Waals surface area (Å²) >= 11 is 1.35. The molecule has 27 heavy (non-hydrogen) atoms. The Morgan fingerprint density at radius 1 is 1.11 bits per heavy atom. The molecule has 0 saturated carbocycles. The number of aromatic nitrogens is 1. The van der Waals surface area contributed by atoms with Crippen LogP contribution in [0.25, 0.3) is 0 Å². The molecule has 1 aromatic carbocycles. The number of pyridine rings is 1. The molecule has 1 fully saturated rings. The first-order valence-electron chi connectivity index (χ1n) is 8.78. The molecule has 1 saturated heterocycles. The summed E-state index contributed by atoms with van der Waals surface area (Å²) in [6.45, 7) is 1.58. The van der Waals surface area contributed by atoms with Gasteiger partial charge >= 0.3 is 0 Å². The molecule has 144 valence electrons. The van der Waals surface area contributed by atoms with Gasteiger partial charge in [0.05, 0.1) is 5.03 Å². The van der Waals surface area contributed by atoms with Gasteiger partial charge in [-0.3, -0.25) is 4.79 Å². The fourth-order valence-corrected chi connectivity index (χ4v) is 4.81. The lowest BCUT2D eigenvalue weighted by atomic mass is 10.1. The fraction of sp³-hybridized carbons (Fsp3) is 0.368.